The number of aromatic nitrogens is 1. The summed E-state index contributed by atoms with van der Waals surface area (Å²) in [6, 6.07) is 33.3. The van der Waals surface area contributed by atoms with E-state index in [2.05, 4.69) is 133 Å². The van der Waals surface area contributed by atoms with Crippen LogP contribution in [-0.4, -0.2) is 4.98 Å². The number of aryl methyl sites for hydroxylation is 3. The molecule has 0 radical (unpaired) electrons. The van der Waals surface area contributed by atoms with Crippen LogP contribution in [0, 0.1) is 34.3 Å². The van der Waals surface area contributed by atoms with Crippen molar-refractivity contribution < 1.29 is 25.8 Å². The van der Waals surface area contributed by atoms with Crippen molar-refractivity contribution in [3.63, 3.8) is 0 Å². The third-order valence-corrected chi connectivity index (χ3v) is 7.64. The molecular weight excluding hydrogens is 663 g/mol. The number of rotatable bonds is 7. The molecule has 0 bridgehead atoms. The fraction of sp³-hybridized carbons (Fsp3) is 0.263. The summed E-state index contributed by atoms with van der Waals surface area (Å²) >= 11 is 0. The van der Waals surface area contributed by atoms with Crippen molar-refractivity contribution in [1.29, 1.82) is 0 Å². The van der Waals surface area contributed by atoms with E-state index in [-0.39, 0.29) is 39.3 Å². The molecule has 5 rings (SSSR count). The summed E-state index contributed by atoms with van der Waals surface area (Å²) in [6.45, 7) is 15.6. The van der Waals surface area contributed by atoms with Crippen LogP contribution in [0.2, 0.25) is 0 Å². The molecule has 3 heteroatoms. The van der Waals surface area contributed by atoms with Crippen LogP contribution in [0.3, 0.4) is 0 Å². The Morgan fingerprint density at radius 1 is 0.732 bits per heavy atom. The largest absolute Gasteiger partial charge is 0.673 e. The topological polar surface area (TPSA) is 27.0 Å². The summed E-state index contributed by atoms with van der Waals surface area (Å²) in [4.78, 5) is 5.29. The second-order valence-electron chi connectivity index (χ2n) is 11.3. The number of hydrogen-bond donors (Lipinski definition) is 0. The van der Waals surface area contributed by atoms with Gasteiger partial charge in [-0.1, -0.05) is 122 Å². The van der Waals surface area contributed by atoms with E-state index in [1.54, 1.807) is 0 Å². The van der Waals surface area contributed by atoms with Gasteiger partial charge in [0, 0.05) is 31.5 Å². The van der Waals surface area contributed by atoms with Gasteiger partial charge in [-0.05, 0) is 61.5 Å². The molecule has 4 aromatic carbocycles. The summed E-state index contributed by atoms with van der Waals surface area (Å²) in [6.07, 6.45) is 0. The Bertz CT molecular complexity index is 1580. The van der Waals surface area contributed by atoms with Gasteiger partial charge in [0.1, 0.15) is 0 Å². The zero-order chi connectivity index (χ0) is 27.7. The van der Waals surface area contributed by atoms with Gasteiger partial charge >= 0.3 is 0 Å². The van der Waals surface area contributed by atoms with Crippen LogP contribution in [0.1, 0.15) is 84.6 Å². The van der Waals surface area contributed by atoms with Gasteiger partial charge in [0.15, 0.2) is 0 Å². The van der Waals surface area contributed by atoms with Gasteiger partial charge in [-0.3, -0.25) is 0 Å². The minimum atomic E-state index is -0.224. The molecule has 0 fully saturated rings. The predicted octanol–water partition coefficient (Wildman–Crippen LogP) is 11.1. The van der Waals surface area contributed by atoms with Gasteiger partial charge in [-0.2, -0.15) is 0 Å². The minimum Gasteiger partial charge on any atom is -0.673 e. The van der Waals surface area contributed by atoms with Crippen LogP contribution in [-0.2, 0) is 25.8 Å². The van der Waals surface area contributed by atoms with Crippen LogP contribution in [0.15, 0.2) is 84.9 Å². The predicted molar refractivity (Wildman–Crippen MR) is 173 cm³/mol. The molecule has 0 amide bonds. The van der Waals surface area contributed by atoms with Crippen LogP contribution < -0.4 is 0 Å². The van der Waals surface area contributed by atoms with Gasteiger partial charge in [-0.15, -0.1) is 34.8 Å². The van der Waals surface area contributed by atoms with Gasteiger partial charge in [0.25, 0.3) is 0 Å². The third kappa shape index (κ3) is 6.72. The Morgan fingerprint density at radius 3 is 1.98 bits per heavy atom. The Labute approximate surface area is 266 Å². The van der Waals surface area contributed by atoms with Crippen molar-refractivity contribution >= 4 is 16.5 Å². The Balaban J connectivity index is 0.00000231. The number of pyridine rings is 1. The van der Waals surface area contributed by atoms with E-state index in [4.69, 9.17) is 10.3 Å². The van der Waals surface area contributed by atoms with E-state index < -0.39 is 0 Å². The zero-order valence-corrected chi connectivity index (χ0v) is 29.3. The molecule has 1 atom stereocenters. The summed E-state index contributed by atoms with van der Waals surface area (Å²) < 4.78 is 0. The summed E-state index contributed by atoms with van der Waals surface area (Å²) in [7, 11) is 0. The van der Waals surface area contributed by atoms with Crippen molar-refractivity contribution in [2.75, 3.05) is 0 Å². The first-order valence-corrected chi connectivity index (χ1v) is 14.0. The van der Waals surface area contributed by atoms with E-state index >= 15 is 0 Å². The molecule has 5 aromatic rings. The molecule has 0 N–H and O–H groups in total. The quantitative estimate of drug-likeness (QED) is 0.122. The fourth-order valence-corrected chi connectivity index (χ4v) is 5.81. The van der Waals surface area contributed by atoms with Crippen LogP contribution in [0.5, 0.6) is 0 Å². The summed E-state index contributed by atoms with van der Waals surface area (Å²) in [5.74, 6) is 0.737. The van der Waals surface area contributed by atoms with Gasteiger partial charge in [0.05, 0.1) is 0 Å². The first-order chi connectivity index (χ1) is 18.7. The monoisotopic (exact) mass is 705 g/mol. The molecule has 210 valence electrons. The maximum Gasteiger partial charge on any atom is 0.0196 e. The molecule has 1 unspecified atom stereocenters. The SMILES string of the molecule is Cc1cc(C)c(C([N-]c2c(C(C)C)cccc2C(C)C)c2cccc(-c3[c-]ccc4ccccc34)n2)c(C)c1.[CH3-].[Hf]. The molecule has 0 saturated carbocycles. The summed E-state index contributed by atoms with van der Waals surface area (Å²) in [5.41, 5.74) is 11.6. The molecule has 1 aromatic heterocycles. The van der Waals surface area contributed by atoms with Gasteiger partial charge in [-0.25, -0.2) is 0 Å². The van der Waals surface area contributed by atoms with Crippen molar-refractivity contribution in [2.24, 2.45) is 0 Å². The standard InChI is InChI=1S/C37H38N2.CH3.Hf/c1-23(2)29-16-11-17-30(24(3)4)36(29)39-37(35-26(6)21-25(5)22-27(35)7)34-20-12-19-33(38-34)32-18-10-14-28-13-8-9-15-31(28)32;;/h8-17,19-24,37H,1-7H3;1H3;/q-2;-1;. The van der Waals surface area contributed by atoms with E-state index in [0.29, 0.717) is 11.8 Å². The number of benzene rings is 4. The maximum atomic E-state index is 5.62. The Hall–Kier alpha value is -3.04. The average Bonchev–Trinajstić information content (AvgIpc) is 2.91. The van der Waals surface area contributed by atoms with Crippen molar-refractivity contribution in [3.05, 3.63) is 143 Å². The second kappa shape index (κ2) is 13.7. The van der Waals surface area contributed by atoms with E-state index in [9.17, 15) is 0 Å². The number of para-hydroxylation sites is 1. The molecule has 1 heterocycles. The Morgan fingerprint density at radius 2 is 1.34 bits per heavy atom. The molecule has 0 aliphatic carbocycles. The van der Waals surface area contributed by atoms with E-state index in [1.807, 2.05) is 6.07 Å². The van der Waals surface area contributed by atoms with Crippen molar-refractivity contribution in [3.8, 4) is 11.3 Å². The van der Waals surface area contributed by atoms with Crippen molar-refractivity contribution in [1.82, 2.24) is 4.98 Å². The molecule has 0 aliphatic heterocycles. The first kappa shape index (κ1) is 32.5. The maximum absolute atomic E-state index is 5.62. The molecule has 0 saturated heterocycles. The smallest absolute Gasteiger partial charge is 0.0196 e. The fourth-order valence-electron chi connectivity index (χ4n) is 5.81. The normalized spacial score (nSPS) is 11.7. The third-order valence-electron chi connectivity index (χ3n) is 7.64. The summed E-state index contributed by atoms with van der Waals surface area (Å²) in [5, 5.41) is 7.97. The second-order valence-corrected chi connectivity index (χ2v) is 11.3. The van der Waals surface area contributed by atoms with Crippen LogP contribution in [0.4, 0.5) is 5.69 Å². The molecular formula is C38H41HfN2-3. The number of nitrogens with zero attached hydrogens (tertiary/aromatic N) is 2. The minimum absolute atomic E-state index is 0. The zero-order valence-electron chi connectivity index (χ0n) is 25.7. The molecule has 2 nitrogen and oxygen atoms in total. The van der Waals surface area contributed by atoms with Crippen LogP contribution >= 0.6 is 0 Å². The average molecular weight is 704 g/mol. The first-order valence-electron chi connectivity index (χ1n) is 14.0. The molecule has 41 heavy (non-hydrogen) atoms. The number of fused-ring (bicyclic) bond motifs is 1. The molecule has 0 aliphatic rings. The van der Waals surface area contributed by atoms with Crippen LogP contribution in [0.25, 0.3) is 27.3 Å². The van der Waals surface area contributed by atoms with Crippen molar-refractivity contribution in [2.45, 2.75) is 66.3 Å². The van der Waals surface area contributed by atoms with E-state index in [0.717, 1.165) is 28.0 Å². The van der Waals surface area contributed by atoms with Gasteiger partial charge < -0.3 is 17.7 Å². The number of hydrogen-bond acceptors (Lipinski definition) is 1. The van der Waals surface area contributed by atoms with Gasteiger partial charge in [0.2, 0.25) is 0 Å². The molecule has 0 spiro atoms. The Kier molecular flexibility index (Phi) is 10.9. The van der Waals surface area contributed by atoms with E-state index in [1.165, 1.54) is 38.8 Å².